The zero-order chi connectivity index (χ0) is 14.2. The van der Waals surface area contributed by atoms with Crippen molar-refractivity contribution in [2.24, 2.45) is 7.05 Å². The standard InChI is InChI=1S/C14H15FN2O2/c1-8(2)9-4-10(6-11(15)5-9)13-7-12(14(18)19)16-17(13)3/h4-8H,1-3H3,(H,18,19). The van der Waals surface area contributed by atoms with Crippen LogP contribution in [0.4, 0.5) is 4.39 Å². The van der Waals surface area contributed by atoms with Crippen molar-refractivity contribution in [3.8, 4) is 11.3 Å². The molecule has 0 saturated carbocycles. The lowest BCUT2D eigenvalue weighted by Gasteiger charge is -2.09. The number of carboxylic acids is 1. The second-order valence-electron chi connectivity index (χ2n) is 4.77. The van der Waals surface area contributed by atoms with Crippen molar-refractivity contribution in [1.82, 2.24) is 9.78 Å². The van der Waals surface area contributed by atoms with E-state index in [2.05, 4.69) is 5.10 Å². The zero-order valence-corrected chi connectivity index (χ0v) is 11.0. The number of aryl methyl sites for hydroxylation is 1. The van der Waals surface area contributed by atoms with E-state index < -0.39 is 5.97 Å². The number of carboxylic acid groups (broad SMARTS) is 1. The molecule has 1 heterocycles. The number of carbonyl (C=O) groups is 1. The van der Waals surface area contributed by atoms with Gasteiger partial charge in [0.15, 0.2) is 5.69 Å². The summed E-state index contributed by atoms with van der Waals surface area (Å²) in [7, 11) is 1.64. The Bertz CT molecular complexity index is 632. The van der Waals surface area contributed by atoms with Crippen molar-refractivity contribution >= 4 is 5.97 Å². The van der Waals surface area contributed by atoms with E-state index in [1.807, 2.05) is 19.9 Å². The van der Waals surface area contributed by atoms with Crippen molar-refractivity contribution in [2.45, 2.75) is 19.8 Å². The summed E-state index contributed by atoms with van der Waals surface area (Å²) in [4.78, 5) is 10.9. The molecule has 0 unspecified atom stereocenters. The Hall–Kier alpha value is -2.17. The fourth-order valence-corrected chi connectivity index (χ4v) is 1.94. The summed E-state index contributed by atoms with van der Waals surface area (Å²) in [6.45, 7) is 3.95. The summed E-state index contributed by atoms with van der Waals surface area (Å²) in [5, 5.41) is 12.8. The molecule has 0 atom stereocenters. The summed E-state index contributed by atoms with van der Waals surface area (Å²) in [5.74, 6) is -1.23. The number of nitrogens with zero attached hydrogens (tertiary/aromatic N) is 2. The maximum Gasteiger partial charge on any atom is 0.356 e. The molecule has 1 aromatic heterocycles. The lowest BCUT2D eigenvalue weighted by atomic mass is 9.99. The fraction of sp³-hybridized carbons (Fsp3) is 0.286. The van der Waals surface area contributed by atoms with Gasteiger partial charge in [0.1, 0.15) is 5.82 Å². The molecule has 0 aliphatic rings. The van der Waals surface area contributed by atoms with Crippen molar-refractivity contribution in [2.75, 3.05) is 0 Å². The van der Waals surface area contributed by atoms with Crippen LogP contribution in [0.5, 0.6) is 0 Å². The number of benzene rings is 1. The monoisotopic (exact) mass is 262 g/mol. The van der Waals surface area contributed by atoms with E-state index in [-0.39, 0.29) is 17.4 Å². The molecule has 1 aromatic carbocycles. The first-order chi connectivity index (χ1) is 8.88. The van der Waals surface area contributed by atoms with Gasteiger partial charge in [0.2, 0.25) is 0 Å². The molecule has 2 aromatic rings. The van der Waals surface area contributed by atoms with E-state index in [0.29, 0.717) is 11.3 Å². The SMILES string of the molecule is CC(C)c1cc(F)cc(-c2cc(C(=O)O)nn2C)c1. The normalized spacial score (nSPS) is 11.0. The van der Waals surface area contributed by atoms with E-state index in [4.69, 9.17) is 5.11 Å². The summed E-state index contributed by atoms with van der Waals surface area (Å²) < 4.78 is 15.1. The van der Waals surface area contributed by atoms with Gasteiger partial charge in [-0.15, -0.1) is 0 Å². The third-order valence-corrected chi connectivity index (χ3v) is 2.98. The van der Waals surface area contributed by atoms with Gasteiger partial charge in [-0.25, -0.2) is 9.18 Å². The molecule has 0 saturated heterocycles. The van der Waals surface area contributed by atoms with Crippen molar-refractivity contribution in [3.05, 3.63) is 41.3 Å². The van der Waals surface area contributed by atoms with Crippen LogP contribution in [0.25, 0.3) is 11.3 Å². The van der Waals surface area contributed by atoms with Gasteiger partial charge in [0.25, 0.3) is 0 Å². The fourth-order valence-electron chi connectivity index (χ4n) is 1.94. The first kappa shape index (κ1) is 13.3. The Labute approximate surface area is 110 Å². The molecular formula is C14H15FN2O2. The lowest BCUT2D eigenvalue weighted by Crippen LogP contribution is -1.99. The zero-order valence-electron chi connectivity index (χ0n) is 11.0. The molecule has 0 radical (unpaired) electrons. The van der Waals surface area contributed by atoms with Crippen LogP contribution in [0.3, 0.4) is 0 Å². The summed E-state index contributed by atoms with van der Waals surface area (Å²) in [6, 6.07) is 6.18. The number of rotatable bonds is 3. The number of hydrogen-bond donors (Lipinski definition) is 1. The highest BCUT2D eigenvalue weighted by Crippen LogP contribution is 2.26. The van der Waals surface area contributed by atoms with Crippen molar-refractivity contribution < 1.29 is 14.3 Å². The molecule has 0 bridgehead atoms. The Balaban J connectivity index is 2.55. The highest BCUT2D eigenvalue weighted by atomic mass is 19.1. The Morgan fingerprint density at radius 1 is 1.32 bits per heavy atom. The molecule has 5 heteroatoms. The molecule has 0 spiro atoms. The predicted octanol–water partition coefficient (Wildman–Crippen LogP) is 3.05. The first-order valence-corrected chi connectivity index (χ1v) is 5.96. The molecule has 0 aliphatic carbocycles. The topological polar surface area (TPSA) is 55.1 Å². The molecule has 0 amide bonds. The first-order valence-electron chi connectivity index (χ1n) is 5.96. The van der Waals surface area contributed by atoms with Gasteiger partial charge < -0.3 is 5.11 Å². The highest BCUT2D eigenvalue weighted by molar-refractivity contribution is 5.87. The van der Waals surface area contributed by atoms with Crippen LogP contribution in [0.2, 0.25) is 0 Å². The molecule has 100 valence electrons. The van der Waals surface area contributed by atoms with Crippen LogP contribution in [0.15, 0.2) is 24.3 Å². The van der Waals surface area contributed by atoms with Crippen LogP contribution in [-0.4, -0.2) is 20.9 Å². The van der Waals surface area contributed by atoms with Crippen LogP contribution in [-0.2, 0) is 7.05 Å². The molecular weight excluding hydrogens is 247 g/mol. The van der Waals surface area contributed by atoms with Gasteiger partial charge >= 0.3 is 5.97 Å². The average Bonchev–Trinajstić information content (AvgIpc) is 2.70. The Morgan fingerprint density at radius 3 is 2.53 bits per heavy atom. The smallest absolute Gasteiger partial charge is 0.356 e. The number of aromatic carboxylic acids is 1. The van der Waals surface area contributed by atoms with E-state index in [0.717, 1.165) is 5.56 Å². The molecule has 4 nitrogen and oxygen atoms in total. The summed E-state index contributed by atoms with van der Waals surface area (Å²) in [5.41, 5.74) is 2.03. The summed E-state index contributed by atoms with van der Waals surface area (Å²) in [6.07, 6.45) is 0. The van der Waals surface area contributed by atoms with Crippen LogP contribution in [0.1, 0.15) is 35.8 Å². The molecule has 19 heavy (non-hydrogen) atoms. The molecule has 1 N–H and O–H groups in total. The third kappa shape index (κ3) is 2.65. The minimum atomic E-state index is -1.10. The summed E-state index contributed by atoms with van der Waals surface area (Å²) >= 11 is 0. The number of halogens is 1. The maximum absolute atomic E-state index is 13.6. The second kappa shape index (κ2) is 4.84. The minimum absolute atomic E-state index is 0.0483. The van der Waals surface area contributed by atoms with Crippen molar-refractivity contribution in [3.63, 3.8) is 0 Å². The van der Waals surface area contributed by atoms with E-state index in [9.17, 15) is 9.18 Å². The van der Waals surface area contributed by atoms with Gasteiger partial charge in [-0.2, -0.15) is 5.10 Å². The van der Waals surface area contributed by atoms with E-state index in [1.54, 1.807) is 7.05 Å². The van der Waals surface area contributed by atoms with Gasteiger partial charge in [0.05, 0.1) is 5.69 Å². The molecule has 2 rings (SSSR count). The van der Waals surface area contributed by atoms with E-state index in [1.165, 1.54) is 22.9 Å². The van der Waals surface area contributed by atoms with Gasteiger partial charge in [-0.05, 0) is 35.7 Å². The third-order valence-electron chi connectivity index (χ3n) is 2.98. The van der Waals surface area contributed by atoms with E-state index >= 15 is 0 Å². The lowest BCUT2D eigenvalue weighted by molar-refractivity contribution is 0.0689. The Morgan fingerprint density at radius 2 is 2.00 bits per heavy atom. The molecule has 0 aliphatic heterocycles. The number of aromatic nitrogens is 2. The largest absolute Gasteiger partial charge is 0.476 e. The maximum atomic E-state index is 13.6. The van der Waals surface area contributed by atoms with Gasteiger partial charge in [0, 0.05) is 12.6 Å². The van der Waals surface area contributed by atoms with Crippen LogP contribution >= 0.6 is 0 Å². The minimum Gasteiger partial charge on any atom is -0.476 e. The second-order valence-corrected chi connectivity index (χ2v) is 4.77. The predicted molar refractivity (Wildman–Crippen MR) is 69.7 cm³/mol. The molecule has 0 fully saturated rings. The Kier molecular flexibility index (Phi) is 3.38. The number of hydrogen-bond acceptors (Lipinski definition) is 2. The van der Waals surface area contributed by atoms with Gasteiger partial charge in [-0.3, -0.25) is 4.68 Å². The van der Waals surface area contributed by atoms with Crippen LogP contribution in [0, 0.1) is 5.82 Å². The van der Waals surface area contributed by atoms with Crippen LogP contribution < -0.4 is 0 Å². The average molecular weight is 262 g/mol. The quantitative estimate of drug-likeness (QED) is 0.924. The van der Waals surface area contributed by atoms with Crippen molar-refractivity contribution in [1.29, 1.82) is 0 Å². The highest BCUT2D eigenvalue weighted by Gasteiger charge is 2.14. The van der Waals surface area contributed by atoms with Gasteiger partial charge in [-0.1, -0.05) is 13.8 Å².